The van der Waals surface area contributed by atoms with Crippen LogP contribution in [0.15, 0.2) is 58.1 Å². The second-order valence-electron chi connectivity index (χ2n) is 10.1. The van der Waals surface area contributed by atoms with Crippen LogP contribution in [0, 0.1) is 18.7 Å². The van der Waals surface area contributed by atoms with Crippen LogP contribution in [0.4, 0.5) is 10.1 Å². The SMILES string of the molecule is Cc1nnsc1C(=O)N(C)c1ccc(Cc2nc3c([nH]2)c(=O)n(Cc2ccccc2F)c(=O)n3CC2CC2)cc1. The van der Waals surface area contributed by atoms with E-state index in [0.717, 1.165) is 34.5 Å². The van der Waals surface area contributed by atoms with Crippen molar-refractivity contribution in [1.82, 2.24) is 28.7 Å². The Balaban J connectivity index is 1.30. The van der Waals surface area contributed by atoms with Crippen LogP contribution in [0.1, 0.15) is 45.2 Å². The third kappa shape index (κ3) is 4.86. The Morgan fingerprint density at radius 2 is 1.88 bits per heavy atom. The fourth-order valence-electron chi connectivity index (χ4n) is 4.69. The lowest BCUT2D eigenvalue weighted by Crippen LogP contribution is -2.40. The maximum absolute atomic E-state index is 14.4. The molecule has 204 valence electrons. The fourth-order valence-corrected chi connectivity index (χ4v) is 5.32. The van der Waals surface area contributed by atoms with Gasteiger partial charge >= 0.3 is 5.69 Å². The average Bonchev–Trinajstić information content (AvgIpc) is 3.52. The molecule has 1 N–H and O–H groups in total. The van der Waals surface area contributed by atoms with E-state index in [1.807, 2.05) is 24.3 Å². The molecule has 2 aromatic carbocycles. The van der Waals surface area contributed by atoms with Gasteiger partial charge in [0.05, 0.1) is 12.2 Å². The lowest BCUT2D eigenvalue weighted by Gasteiger charge is -2.16. The summed E-state index contributed by atoms with van der Waals surface area (Å²) in [7, 11) is 1.70. The first-order valence-corrected chi connectivity index (χ1v) is 13.7. The molecular weight excluding hydrogens is 533 g/mol. The molecule has 1 saturated carbocycles. The van der Waals surface area contributed by atoms with Crippen molar-refractivity contribution in [3.63, 3.8) is 0 Å². The van der Waals surface area contributed by atoms with Gasteiger partial charge in [-0.15, -0.1) is 5.10 Å². The molecule has 3 heterocycles. The number of benzene rings is 2. The predicted octanol–water partition coefficient (Wildman–Crippen LogP) is 3.51. The number of anilines is 1. The molecule has 0 unspecified atom stereocenters. The van der Waals surface area contributed by atoms with Gasteiger partial charge in [0.25, 0.3) is 11.5 Å². The van der Waals surface area contributed by atoms with E-state index < -0.39 is 17.1 Å². The Bertz CT molecular complexity index is 1850. The zero-order chi connectivity index (χ0) is 28.0. The topological polar surface area (TPSA) is 119 Å². The number of nitrogens with zero attached hydrogens (tertiary/aromatic N) is 6. The van der Waals surface area contributed by atoms with Gasteiger partial charge in [-0.05, 0) is 61.0 Å². The maximum Gasteiger partial charge on any atom is 0.333 e. The monoisotopic (exact) mass is 559 g/mol. The number of hydrogen-bond acceptors (Lipinski definition) is 7. The van der Waals surface area contributed by atoms with Gasteiger partial charge in [-0.3, -0.25) is 18.7 Å². The van der Waals surface area contributed by atoms with Crippen LogP contribution in [-0.4, -0.2) is 41.6 Å². The second-order valence-corrected chi connectivity index (χ2v) is 10.9. The van der Waals surface area contributed by atoms with Crippen LogP contribution >= 0.6 is 11.5 Å². The van der Waals surface area contributed by atoms with E-state index in [9.17, 15) is 18.8 Å². The Morgan fingerprint density at radius 1 is 1.12 bits per heavy atom. The summed E-state index contributed by atoms with van der Waals surface area (Å²) in [6, 6.07) is 13.6. The molecule has 0 radical (unpaired) electrons. The zero-order valence-electron chi connectivity index (χ0n) is 21.9. The van der Waals surface area contributed by atoms with Crippen LogP contribution < -0.4 is 16.1 Å². The van der Waals surface area contributed by atoms with Crippen LogP contribution in [-0.2, 0) is 19.5 Å². The Morgan fingerprint density at radius 3 is 2.55 bits per heavy atom. The Hall–Kier alpha value is -4.45. The van der Waals surface area contributed by atoms with Crippen molar-refractivity contribution in [1.29, 1.82) is 0 Å². The van der Waals surface area contributed by atoms with Gasteiger partial charge in [0.2, 0.25) is 0 Å². The molecule has 0 bridgehead atoms. The number of aromatic amines is 1. The summed E-state index contributed by atoms with van der Waals surface area (Å²) in [5.74, 6) is 0.237. The number of aryl methyl sites for hydroxylation is 1. The number of aromatic nitrogens is 6. The number of carbonyl (C=O) groups is 1. The number of rotatable bonds is 8. The van der Waals surface area contributed by atoms with Gasteiger partial charge in [0, 0.05) is 31.3 Å². The molecule has 0 spiro atoms. The van der Waals surface area contributed by atoms with Crippen LogP contribution in [0.2, 0.25) is 0 Å². The minimum absolute atomic E-state index is 0.163. The highest BCUT2D eigenvalue weighted by Gasteiger charge is 2.26. The summed E-state index contributed by atoms with van der Waals surface area (Å²) in [6.45, 7) is 2.05. The maximum atomic E-state index is 14.4. The van der Waals surface area contributed by atoms with Gasteiger partial charge < -0.3 is 9.88 Å². The summed E-state index contributed by atoms with van der Waals surface area (Å²) in [5.41, 5.74) is 1.99. The number of imidazole rings is 1. The van der Waals surface area contributed by atoms with Crippen molar-refractivity contribution in [3.8, 4) is 0 Å². The molecule has 6 rings (SSSR count). The van der Waals surface area contributed by atoms with Crippen molar-refractivity contribution >= 4 is 34.3 Å². The third-order valence-electron chi connectivity index (χ3n) is 7.18. The number of hydrogen-bond donors (Lipinski definition) is 1. The van der Waals surface area contributed by atoms with E-state index >= 15 is 0 Å². The molecule has 10 nitrogen and oxygen atoms in total. The minimum atomic E-state index is -0.530. The lowest BCUT2D eigenvalue weighted by atomic mass is 10.1. The van der Waals surface area contributed by atoms with E-state index in [-0.39, 0.29) is 23.5 Å². The van der Waals surface area contributed by atoms with Crippen molar-refractivity contribution in [3.05, 3.63) is 103 Å². The van der Waals surface area contributed by atoms with Crippen molar-refractivity contribution < 1.29 is 9.18 Å². The minimum Gasteiger partial charge on any atom is -0.336 e. The van der Waals surface area contributed by atoms with Crippen molar-refractivity contribution in [2.45, 2.75) is 39.3 Å². The summed E-state index contributed by atoms with van der Waals surface area (Å²) < 4.78 is 20.8. The van der Waals surface area contributed by atoms with E-state index in [1.54, 1.807) is 37.1 Å². The zero-order valence-corrected chi connectivity index (χ0v) is 22.7. The van der Waals surface area contributed by atoms with Crippen molar-refractivity contribution in [2.24, 2.45) is 5.92 Å². The lowest BCUT2D eigenvalue weighted by molar-refractivity contribution is 0.0996. The summed E-state index contributed by atoms with van der Waals surface area (Å²) in [5, 5.41) is 3.91. The van der Waals surface area contributed by atoms with Gasteiger partial charge in [-0.2, -0.15) is 0 Å². The van der Waals surface area contributed by atoms with Crippen LogP contribution in [0.25, 0.3) is 11.2 Å². The van der Waals surface area contributed by atoms with Crippen LogP contribution in [0.5, 0.6) is 0 Å². The first-order chi connectivity index (χ1) is 19.3. The number of H-pyrrole nitrogens is 1. The highest BCUT2D eigenvalue weighted by molar-refractivity contribution is 7.08. The van der Waals surface area contributed by atoms with Gasteiger partial charge in [-0.1, -0.05) is 34.8 Å². The molecule has 40 heavy (non-hydrogen) atoms. The molecule has 0 aliphatic heterocycles. The highest BCUT2D eigenvalue weighted by Crippen LogP contribution is 2.30. The molecule has 0 atom stereocenters. The van der Waals surface area contributed by atoms with Crippen molar-refractivity contribution in [2.75, 3.05) is 11.9 Å². The molecule has 1 amide bonds. The smallest absolute Gasteiger partial charge is 0.333 e. The number of carbonyl (C=O) groups excluding carboxylic acids is 1. The molecule has 1 fully saturated rings. The van der Waals surface area contributed by atoms with Gasteiger partial charge in [0.15, 0.2) is 5.65 Å². The van der Waals surface area contributed by atoms with Gasteiger partial charge in [-0.25, -0.2) is 14.2 Å². The van der Waals surface area contributed by atoms with Gasteiger partial charge in [0.1, 0.15) is 22.0 Å². The molecule has 0 saturated heterocycles. The van der Waals surface area contributed by atoms with E-state index in [0.29, 0.717) is 46.6 Å². The molecular formula is C28H26FN7O3S. The largest absolute Gasteiger partial charge is 0.336 e. The number of halogens is 1. The Kier molecular flexibility index (Phi) is 6.62. The normalized spacial score (nSPS) is 13.2. The third-order valence-corrected chi connectivity index (χ3v) is 8.00. The summed E-state index contributed by atoms with van der Waals surface area (Å²) in [6.07, 6.45) is 2.41. The molecule has 1 aliphatic rings. The molecule has 1 aliphatic carbocycles. The second kappa shape index (κ2) is 10.3. The number of fused-ring (bicyclic) bond motifs is 1. The summed E-state index contributed by atoms with van der Waals surface area (Å²) >= 11 is 1.07. The quantitative estimate of drug-likeness (QED) is 0.311. The molecule has 3 aromatic heterocycles. The highest BCUT2D eigenvalue weighted by atomic mass is 32.1. The fraction of sp³-hybridized carbons (Fsp3) is 0.286. The van der Waals surface area contributed by atoms with E-state index in [2.05, 4.69) is 19.6 Å². The Labute approximate surface area is 231 Å². The standard InChI is InChI=1S/C28H26FN7O3S/c1-16-24(40-33-32-16)27(38)34(2)20-11-9-17(10-12-20)13-22-30-23-25(31-22)35(14-18-7-8-18)28(39)36(26(23)37)15-19-5-3-4-6-21(19)29/h3-6,9-12,18H,7-8,13-15H2,1-2H3,(H,30,31). The first-order valence-electron chi connectivity index (χ1n) is 12.9. The average molecular weight is 560 g/mol. The summed E-state index contributed by atoms with van der Waals surface area (Å²) in [4.78, 5) is 49.4. The first kappa shape index (κ1) is 25.8. The van der Waals surface area contributed by atoms with E-state index in [4.69, 9.17) is 0 Å². The van der Waals surface area contributed by atoms with E-state index in [1.165, 1.54) is 10.6 Å². The molecule has 5 aromatic rings. The number of nitrogens with one attached hydrogen (secondary N) is 1. The van der Waals surface area contributed by atoms with Crippen LogP contribution in [0.3, 0.4) is 0 Å². The number of amides is 1. The predicted molar refractivity (Wildman–Crippen MR) is 149 cm³/mol. The molecule has 12 heteroatoms.